The van der Waals surface area contributed by atoms with E-state index in [1.807, 2.05) is 12.3 Å². The maximum atomic E-state index is 6.09. The molecule has 0 unspecified atom stereocenters. The summed E-state index contributed by atoms with van der Waals surface area (Å²) in [7, 11) is 2.20. The van der Waals surface area contributed by atoms with Crippen LogP contribution in [0.25, 0.3) is 0 Å². The molecule has 3 heteroatoms. The van der Waals surface area contributed by atoms with Crippen molar-refractivity contribution in [2.24, 2.45) is 11.7 Å². The zero-order chi connectivity index (χ0) is 13.0. The van der Waals surface area contributed by atoms with Gasteiger partial charge in [-0.25, -0.2) is 0 Å². The topological polar surface area (TPSA) is 42.4 Å². The Morgan fingerprint density at radius 2 is 2.17 bits per heavy atom. The lowest BCUT2D eigenvalue weighted by molar-refractivity contribution is 0.0578. The van der Waals surface area contributed by atoms with Crippen molar-refractivity contribution >= 4 is 0 Å². The largest absolute Gasteiger partial charge is 0.472 e. The van der Waals surface area contributed by atoms with Gasteiger partial charge in [0.2, 0.25) is 0 Å². The third-order valence-electron chi connectivity index (χ3n) is 4.80. The van der Waals surface area contributed by atoms with Gasteiger partial charge in [0.05, 0.1) is 12.5 Å². The highest BCUT2D eigenvalue weighted by atomic mass is 16.3. The maximum absolute atomic E-state index is 6.09. The zero-order valence-electron chi connectivity index (χ0n) is 11.7. The van der Waals surface area contributed by atoms with Gasteiger partial charge >= 0.3 is 0 Å². The zero-order valence-corrected chi connectivity index (χ0v) is 11.7. The summed E-state index contributed by atoms with van der Waals surface area (Å²) in [5, 5.41) is 0. The minimum atomic E-state index is 0.197. The number of hydrogen-bond acceptors (Lipinski definition) is 3. The average Bonchev–Trinajstić information content (AvgIpc) is 2.91. The van der Waals surface area contributed by atoms with Gasteiger partial charge in [0.25, 0.3) is 0 Å². The molecule has 2 N–H and O–H groups in total. The molecule has 0 aliphatic heterocycles. The SMILES string of the molecule is CCC1CCC(CN)(N(C)Cc2ccoc2)CC1. The van der Waals surface area contributed by atoms with E-state index in [-0.39, 0.29) is 5.54 Å². The molecule has 3 nitrogen and oxygen atoms in total. The van der Waals surface area contributed by atoms with Gasteiger partial charge in [-0.1, -0.05) is 13.3 Å². The normalized spacial score (nSPS) is 28.8. The predicted molar refractivity (Wildman–Crippen MR) is 74.2 cm³/mol. The van der Waals surface area contributed by atoms with Crippen molar-refractivity contribution in [3.8, 4) is 0 Å². The molecule has 0 spiro atoms. The highest BCUT2D eigenvalue weighted by Crippen LogP contribution is 2.37. The van der Waals surface area contributed by atoms with E-state index >= 15 is 0 Å². The van der Waals surface area contributed by atoms with Gasteiger partial charge in [-0.3, -0.25) is 4.90 Å². The molecule has 1 heterocycles. The van der Waals surface area contributed by atoms with E-state index in [1.165, 1.54) is 37.7 Å². The second kappa shape index (κ2) is 5.89. The number of nitrogens with zero attached hydrogens (tertiary/aromatic N) is 1. The maximum Gasteiger partial charge on any atom is 0.0947 e. The molecule has 0 amide bonds. The molecule has 18 heavy (non-hydrogen) atoms. The summed E-state index contributed by atoms with van der Waals surface area (Å²) < 4.78 is 5.15. The third-order valence-corrected chi connectivity index (χ3v) is 4.80. The minimum absolute atomic E-state index is 0.197. The Bertz CT molecular complexity index is 339. The van der Waals surface area contributed by atoms with Crippen LogP contribution in [0.15, 0.2) is 23.0 Å². The Morgan fingerprint density at radius 3 is 2.67 bits per heavy atom. The van der Waals surface area contributed by atoms with Crippen molar-refractivity contribution in [3.63, 3.8) is 0 Å². The number of likely N-dealkylation sites (N-methyl/N-ethyl adjacent to an activating group) is 1. The van der Waals surface area contributed by atoms with Crippen LogP contribution in [0, 0.1) is 5.92 Å². The summed E-state index contributed by atoms with van der Waals surface area (Å²) in [6.07, 6.45) is 10.00. The first-order chi connectivity index (χ1) is 8.70. The Morgan fingerprint density at radius 1 is 1.44 bits per heavy atom. The lowest BCUT2D eigenvalue weighted by atomic mass is 9.74. The summed E-state index contributed by atoms with van der Waals surface area (Å²) >= 11 is 0. The quantitative estimate of drug-likeness (QED) is 0.873. The average molecular weight is 250 g/mol. The summed E-state index contributed by atoms with van der Waals surface area (Å²) in [4.78, 5) is 2.43. The molecule has 1 aromatic rings. The van der Waals surface area contributed by atoms with E-state index in [0.29, 0.717) is 0 Å². The molecule has 2 rings (SSSR count). The number of nitrogens with two attached hydrogens (primary N) is 1. The van der Waals surface area contributed by atoms with Crippen LogP contribution in [-0.2, 0) is 6.54 Å². The summed E-state index contributed by atoms with van der Waals surface area (Å²) in [5.74, 6) is 0.909. The first-order valence-corrected chi connectivity index (χ1v) is 7.12. The molecule has 0 bridgehead atoms. The van der Waals surface area contributed by atoms with E-state index in [2.05, 4.69) is 18.9 Å². The van der Waals surface area contributed by atoms with Gasteiger partial charge in [0.15, 0.2) is 0 Å². The Kier molecular flexibility index (Phi) is 4.46. The van der Waals surface area contributed by atoms with Crippen molar-refractivity contribution in [3.05, 3.63) is 24.2 Å². The van der Waals surface area contributed by atoms with Gasteiger partial charge < -0.3 is 10.2 Å². The first kappa shape index (κ1) is 13.6. The monoisotopic (exact) mass is 250 g/mol. The molecular weight excluding hydrogens is 224 g/mol. The van der Waals surface area contributed by atoms with Crippen LogP contribution in [-0.4, -0.2) is 24.0 Å². The Balaban J connectivity index is 1.99. The molecule has 0 aromatic carbocycles. The molecule has 1 fully saturated rings. The van der Waals surface area contributed by atoms with Gasteiger partial charge in [0.1, 0.15) is 0 Å². The number of hydrogen-bond donors (Lipinski definition) is 1. The van der Waals surface area contributed by atoms with Gasteiger partial charge in [-0.2, -0.15) is 0 Å². The van der Waals surface area contributed by atoms with E-state index in [4.69, 9.17) is 10.2 Å². The summed E-state index contributed by atoms with van der Waals surface area (Å²) in [5.41, 5.74) is 7.53. The molecule has 0 atom stereocenters. The van der Waals surface area contributed by atoms with Crippen molar-refractivity contribution in [2.75, 3.05) is 13.6 Å². The Hall–Kier alpha value is -0.800. The van der Waals surface area contributed by atoms with Crippen LogP contribution in [0.2, 0.25) is 0 Å². The molecule has 1 saturated carbocycles. The van der Waals surface area contributed by atoms with Crippen LogP contribution in [0.3, 0.4) is 0 Å². The van der Waals surface area contributed by atoms with Gasteiger partial charge in [-0.15, -0.1) is 0 Å². The molecule has 1 aliphatic carbocycles. The van der Waals surface area contributed by atoms with Crippen LogP contribution in [0.5, 0.6) is 0 Å². The lowest BCUT2D eigenvalue weighted by Crippen LogP contribution is -2.53. The molecule has 1 aliphatic rings. The molecular formula is C15H26N2O. The fourth-order valence-electron chi connectivity index (χ4n) is 3.19. The van der Waals surface area contributed by atoms with Crippen LogP contribution in [0.4, 0.5) is 0 Å². The predicted octanol–water partition coefficient (Wildman–Crippen LogP) is 3.01. The highest BCUT2D eigenvalue weighted by Gasteiger charge is 2.37. The summed E-state index contributed by atoms with van der Waals surface area (Å²) in [6, 6.07) is 2.04. The van der Waals surface area contributed by atoms with Gasteiger partial charge in [0, 0.05) is 24.2 Å². The van der Waals surface area contributed by atoms with Crippen LogP contribution >= 0.6 is 0 Å². The third kappa shape index (κ3) is 2.78. The lowest BCUT2D eigenvalue weighted by Gasteiger charge is -2.46. The highest BCUT2D eigenvalue weighted by molar-refractivity contribution is 5.07. The smallest absolute Gasteiger partial charge is 0.0947 e. The second-order valence-electron chi connectivity index (χ2n) is 5.77. The summed E-state index contributed by atoms with van der Waals surface area (Å²) in [6.45, 7) is 4.00. The molecule has 1 aromatic heterocycles. The van der Waals surface area contributed by atoms with E-state index in [0.717, 1.165) is 19.0 Å². The standard InChI is InChI=1S/C15H26N2O/c1-3-13-4-7-15(12-16,8-5-13)17(2)10-14-6-9-18-11-14/h6,9,11,13H,3-5,7-8,10,12,16H2,1-2H3. The minimum Gasteiger partial charge on any atom is -0.472 e. The number of furan rings is 1. The van der Waals surface area contributed by atoms with E-state index < -0.39 is 0 Å². The molecule has 0 saturated heterocycles. The first-order valence-electron chi connectivity index (χ1n) is 7.12. The van der Waals surface area contributed by atoms with Crippen molar-refractivity contribution in [2.45, 2.75) is 51.1 Å². The van der Waals surface area contributed by atoms with Gasteiger partial charge in [-0.05, 0) is 44.7 Å². The fourth-order valence-corrected chi connectivity index (χ4v) is 3.19. The van der Waals surface area contributed by atoms with E-state index in [9.17, 15) is 0 Å². The number of rotatable bonds is 5. The van der Waals surface area contributed by atoms with E-state index in [1.54, 1.807) is 6.26 Å². The van der Waals surface area contributed by atoms with Crippen LogP contribution < -0.4 is 5.73 Å². The molecule has 0 radical (unpaired) electrons. The van der Waals surface area contributed by atoms with Crippen molar-refractivity contribution in [1.29, 1.82) is 0 Å². The fraction of sp³-hybridized carbons (Fsp3) is 0.733. The van der Waals surface area contributed by atoms with Crippen LogP contribution in [0.1, 0.15) is 44.6 Å². The Labute approximate surface area is 110 Å². The molecule has 102 valence electrons. The van der Waals surface area contributed by atoms with Crippen molar-refractivity contribution in [1.82, 2.24) is 4.90 Å². The second-order valence-corrected chi connectivity index (χ2v) is 5.77. The van der Waals surface area contributed by atoms with Crippen molar-refractivity contribution < 1.29 is 4.42 Å².